The Kier molecular flexibility index (Phi) is 6.01. The van der Waals surface area contributed by atoms with Crippen LogP contribution in [-0.4, -0.2) is 54.9 Å². The monoisotopic (exact) mass is 408 g/mol. The van der Waals surface area contributed by atoms with Crippen molar-refractivity contribution in [1.29, 1.82) is 0 Å². The molecule has 1 aromatic carbocycles. The number of nitrogens with zero attached hydrogens (tertiary/aromatic N) is 1. The molecular weight excluding hydrogens is 388 g/mol. The zero-order chi connectivity index (χ0) is 19.6. The van der Waals surface area contributed by atoms with E-state index < -0.39 is 34.1 Å². The number of carboxylic acid groups (broad SMARTS) is 1. The second-order valence-electron chi connectivity index (χ2n) is 6.26. The third kappa shape index (κ3) is 3.93. The fourth-order valence-corrected chi connectivity index (χ4v) is 6.04. The largest absolute Gasteiger partial charge is 0.477 e. The quantitative estimate of drug-likeness (QED) is 0.655. The molecule has 144 valence electrons. The lowest BCUT2D eigenvalue weighted by Gasteiger charge is -2.48. The van der Waals surface area contributed by atoms with Gasteiger partial charge in [0.2, 0.25) is 5.91 Å². The predicted molar refractivity (Wildman–Crippen MR) is 103 cm³/mol. The molecule has 0 saturated carbocycles. The number of carboxylic acids is 1. The Bertz CT molecular complexity index is 824. The molecule has 2 aliphatic rings. The van der Waals surface area contributed by atoms with E-state index in [1.165, 1.54) is 11.8 Å². The van der Waals surface area contributed by atoms with Crippen LogP contribution in [0.1, 0.15) is 18.9 Å². The van der Waals surface area contributed by atoms with Crippen LogP contribution >= 0.6 is 11.8 Å². The fourth-order valence-electron chi connectivity index (χ4n) is 3.08. The molecule has 2 unspecified atom stereocenters. The number of β-lactam (4-membered cyclic amide) rings is 1. The van der Waals surface area contributed by atoms with Crippen LogP contribution in [0.5, 0.6) is 0 Å². The van der Waals surface area contributed by atoms with Crippen LogP contribution in [0.25, 0.3) is 0 Å². The van der Waals surface area contributed by atoms with Crippen molar-refractivity contribution in [3.63, 3.8) is 0 Å². The Hall–Kier alpha value is -2.13. The Balaban J connectivity index is 1.75. The summed E-state index contributed by atoms with van der Waals surface area (Å²) in [5.74, 6) is -1.32. The maximum Gasteiger partial charge on any atom is 0.353 e. The number of rotatable bonds is 7. The second-order valence-corrected chi connectivity index (χ2v) is 8.98. The summed E-state index contributed by atoms with van der Waals surface area (Å²) < 4.78 is 12.6. The molecule has 3 rings (SSSR count). The summed E-state index contributed by atoms with van der Waals surface area (Å²) in [6.07, 6.45) is 0.937. The first-order valence-electron chi connectivity index (χ1n) is 8.56. The number of fused-ring (bicyclic) bond motifs is 1. The average Bonchev–Trinajstić information content (AvgIpc) is 2.64. The van der Waals surface area contributed by atoms with Gasteiger partial charge in [-0.1, -0.05) is 37.3 Å². The Morgan fingerprint density at radius 1 is 1.33 bits per heavy atom. The molecule has 1 fully saturated rings. The topological polar surface area (TPSA) is 104 Å². The van der Waals surface area contributed by atoms with E-state index in [-0.39, 0.29) is 23.8 Å². The molecule has 9 heteroatoms. The first-order chi connectivity index (χ1) is 12.9. The molecule has 2 heterocycles. The molecule has 1 aromatic rings. The number of carbonyl (C=O) groups is 3. The van der Waals surface area contributed by atoms with Gasteiger partial charge in [0, 0.05) is 4.91 Å². The van der Waals surface area contributed by atoms with Crippen molar-refractivity contribution in [3.8, 4) is 0 Å². The zero-order valence-electron chi connectivity index (χ0n) is 14.7. The Morgan fingerprint density at radius 2 is 2.04 bits per heavy atom. The van der Waals surface area contributed by atoms with Gasteiger partial charge in [-0.3, -0.25) is 18.7 Å². The van der Waals surface area contributed by atoms with Crippen molar-refractivity contribution in [1.82, 2.24) is 10.2 Å². The number of nitrogens with one attached hydrogen (secondary N) is 1. The summed E-state index contributed by atoms with van der Waals surface area (Å²) in [7, 11) is -1.46. The lowest BCUT2D eigenvalue weighted by molar-refractivity contribution is -0.150. The smallest absolute Gasteiger partial charge is 0.353 e. The van der Waals surface area contributed by atoms with Gasteiger partial charge in [0.05, 0.1) is 23.0 Å². The summed E-state index contributed by atoms with van der Waals surface area (Å²) in [4.78, 5) is 38.0. The van der Waals surface area contributed by atoms with Crippen LogP contribution in [0, 0.1) is 0 Å². The highest BCUT2D eigenvalue weighted by Gasteiger charge is 2.57. The third-order valence-corrected chi connectivity index (χ3v) is 7.37. The van der Waals surface area contributed by atoms with E-state index in [1.54, 1.807) is 12.1 Å². The molecule has 0 aliphatic carbocycles. The second kappa shape index (κ2) is 8.26. The van der Waals surface area contributed by atoms with Crippen LogP contribution in [0.4, 0.5) is 0 Å². The highest BCUT2D eigenvalue weighted by atomic mass is 32.2. The van der Waals surface area contributed by atoms with Crippen LogP contribution in [-0.2, 0) is 31.6 Å². The van der Waals surface area contributed by atoms with Gasteiger partial charge < -0.3 is 10.4 Å². The van der Waals surface area contributed by atoms with Crippen LogP contribution in [0.3, 0.4) is 0 Å². The van der Waals surface area contributed by atoms with Crippen molar-refractivity contribution < 1.29 is 23.7 Å². The number of hydrogen-bond acceptors (Lipinski definition) is 5. The van der Waals surface area contributed by atoms with Crippen molar-refractivity contribution in [2.45, 2.75) is 31.2 Å². The molecule has 7 nitrogen and oxygen atoms in total. The zero-order valence-corrected chi connectivity index (χ0v) is 16.3. The lowest BCUT2D eigenvalue weighted by Crippen LogP contribution is -2.73. The summed E-state index contributed by atoms with van der Waals surface area (Å²) >= 11 is 1.32. The van der Waals surface area contributed by atoms with Crippen molar-refractivity contribution in [2.24, 2.45) is 0 Å². The SMILES string of the molecule is CCCSC1=C(C(=O)O)N2C(=O)C(NC(=O)Cc3ccccc3)[C@@H]2S(=O)C1. The van der Waals surface area contributed by atoms with E-state index in [0.29, 0.717) is 10.7 Å². The average molecular weight is 409 g/mol. The molecule has 0 bridgehead atoms. The van der Waals surface area contributed by atoms with E-state index in [1.807, 2.05) is 25.1 Å². The van der Waals surface area contributed by atoms with Crippen molar-refractivity contribution in [2.75, 3.05) is 11.5 Å². The third-order valence-electron chi connectivity index (χ3n) is 4.30. The number of aliphatic carboxylic acids is 1. The summed E-state index contributed by atoms with van der Waals surface area (Å²) in [5.41, 5.74) is 0.698. The van der Waals surface area contributed by atoms with Gasteiger partial charge in [0.1, 0.15) is 17.1 Å². The highest BCUT2D eigenvalue weighted by Crippen LogP contribution is 2.38. The minimum atomic E-state index is -1.46. The Labute approximate surface area is 163 Å². The molecule has 2 amide bonds. The lowest BCUT2D eigenvalue weighted by atomic mass is 10.0. The van der Waals surface area contributed by atoms with Gasteiger partial charge in [0.15, 0.2) is 0 Å². The number of carbonyl (C=O) groups excluding carboxylic acids is 2. The predicted octanol–water partition coefficient (Wildman–Crippen LogP) is 1.08. The van der Waals surface area contributed by atoms with Crippen LogP contribution < -0.4 is 5.32 Å². The summed E-state index contributed by atoms with van der Waals surface area (Å²) in [6.45, 7) is 1.96. The van der Waals surface area contributed by atoms with Gasteiger partial charge in [-0.15, -0.1) is 11.8 Å². The first-order valence-corrected chi connectivity index (χ1v) is 10.9. The van der Waals surface area contributed by atoms with Gasteiger partial charge in [-0.2, -0.15) is 0 Å². The van der Waals surface area contributed by atoms with Gasteiger partial charge in [0.25, 0.3) is 5.91 Å². The number of hydrogen-bond donors (Lipinski definition) is 2. The van der Waals surface area contributed by atoms with Crippen molar-refractivity contribution >= 4 is 40.3 Å². The normalized spacial score (nSPS) is 24.3. The number of amides is 2. The molecule has 1 saturated heterocycles. The molecule has 3 atom stereocenters. The summed E-state index contributed by atoms with van der Waals surface area (Å²) in [5, 5.41) is 11.3. The highest BCUT2D eigenvalue weighted by molar-refractivity contribution is 8.04. The first kappa shape index (κ1) is 19.6. The summed E-state index contributed by atoms with van der Waals surface area (Å²) in [6, 6.07) is 8.12. The van der Waals surface area contributed by atoms with Gasteiger partial charge >= 0.3 is 5.97 Å². The molecule has 2 N–H and O–H groups in total. The van der Waals surface area contributed by atoms with Crippen molar-refractivity contribution in [3.05, 3.63) is 46.5 Å². The van der Waals surface area contributed by atoms with Crippen LogP contribution in [0.2, 0.25) is 0 Å². The molecule has 2 aliphatic heterocycles. The minimum absolute atomic E-state index is 0.0891. The molecular formula is C18H20N2O5S2. The van der Waals surface area contributed by atoms with Gasteiger partial charge in [-0.05, 0) is 17.7 Å². The van der Waals surface area contributed by atoms with E-state index >= 15 is 0 Å². The van der Waals surface area contributed by atoms with E-state index in [9.17, 15) is 23.7 Å². The van der Waals surface area contributed by atoms with Crippen LogP contribution in [0.15, 0.2) is 40.9 Å². The fraction of sp³-hybridized carbons (Fsp3) is 0.389. The van der Waals surface area contributed by atoms with Gasteiger partial charge in [-0.25, -0.2) is 4.79 Å². The number of benzene rings is 1. The standard InChI is InChI=1S/C18H20N2O5S2/c1-2-8-26-12-10-27(25)17-14(16(22)20(17)15(12)18(23)24)19-13(21)9-11-6-4-3-5-7-11/h3-7,14,17H,2,8-10H2,1H3,(H,19,21)(H,23,24)/t14?,17-,27?/m0/s1. The van der Waals surface area contributed by atoms with E-state index in [0.717, 1.165) is 16.9 Å². The van der Waals surface area contributed by atoms with E-state index in [2.05, 4.69) is 5.32 Å². The molecule has 0 radical (unpaired) electrons. The minimum Gasteiger partial charge on any atom is -0.477 e. The maximum atomic E-state index is 12.6. The maximum absolute atomic E-state index is 12.6. The number of thioether (sulfide) groups is 1. The molecule has 0 aromatic heterocycles. The molecule has 0 spiro atoms. The Morgan fingerprint density at radius 3 is 2.67 bits per heavy atom. The van der Waals surface area contributed by atoms with E-state index in [4.69, 9.17) is 0 Å². The molecule has 27 heavy (non-hydrogen) atoms.